The van der Waals surface area contributed by atoms with Crippen LogP contribution in [0.4, 0.5) is 4.79 Å². The number of nitrogens with zero attached hydrogens (tertiary/aromatic N) is 1. The third-order valence-electron chi connectivity index (χ3n) is 3.00. The van der Waals surface area contributed by atoms with E-state index < -0.39 is 0 Å². The van der Waals surface area contributed by atoms with E-state index in [0.29, 0.717) is 19.2 Å². The van der Waals surface area contributed by atoms with E-state index in [2.05, 4.69) is 12.2 Å². The van der Waals surface area contributed by atoms with Gasteiger partial charge in [-0.05, 0) is 25.2 Å². The van der Waals surface area contributed by atoms with Gasteiger partial charge in [0.1, 0.15) is 0 Å². The summed E-state index contributed by atoms with van der Waals surface area (Å²) in [4.78, 5) is 13.3. The molecule has 0 aliphatic heterocycles. The van der Waals surface area contributed by atoms with Gasteiger partial charge in [0.25, 0.3) is 0 Å². The first kappa shape index (κ1) is 12.3. The molecule has 0 radical (unpaired) electrons. The zero-order chi connectivity index (χ0) is 11.3. The van der Waals surface area contributed by atoms with Crippen LogP contribution in [-0.4, -0.2) is 44.3 Å². The van der Waals surface area contributed by atoms with Gasteiger partial charge in [0.05, 0.1) is 6.61 Å². The zero-order valence-electron chi connectivity index (χ0n) is 9.95. The molecule has 88 valence electrons. The van der Waals surface area contributed by atoms with Crippen molar-refractivity contribution in [1.82, 2.24) is 10.2 Å². The molecule has 2 atom stereocenters. The normalized spacial score (nSPS) is 25.3. The molecule has 0 bridgehead atoms. The second-order valence-electron chi connectivity index (χ2n) is 4.48. The number of nitrogens with one attached hydrogen (secondary N) is 1. The van der Waals surface area contributed by atoms with Gasteiger partial charge in [0.15, 0.2) is 0 Å². The maximum Gasteiger partial charge on any atom is 0.317 e. The summed E-state index contributed by atoms with van der Waals surface area (Å²) in [5, 5.41) is 3.05. The molecule has 0 heterocycles. The van der Waals surface area contributed by atoms with E-state index >= 15 is 0 Å². The van der Waals surface area contributed by atoms with E-state index in [4.69, 9.17) is 4.74 Å². The van der Waals surface area contributed by atoms with Gasteiger partial charge in [-0.3, -0.25) is 0 Å². The van der Waals surface area contributed by atoms with Crippen molar-refractivity contribution in [2.24, 2.45) is 5.92 Å². The molecule has 1 aliphatic carbocycles. The molecule has 0 aromatic carbocycles. The van der Waals surface area contributed by atoms with Crippen LogP contribution in [0.3, 0.4) is 0 Å². The number of carbonyl (C=O) groups excluding carboxylic acids is 1. The minimum atomic E-state index is 0.0196. The molecule has 1 aliphatic rings. The Morgan fingerprint density at radius 3 is 2.80 bits per heavy atom. The molecule has 1 rings (SSSR count). The van der Waals surface area contributed by atoms with Gasteiger partial charge in [-0.15, -0.1) is 0 Å². The van der Waals surface area contributed by atoms with Crippen LogP contribution in [0.5, 0.6) is 0 Å². The van der Waals surface area contributed by atoms with Gasteiger partial charge in [-0.2, -0.15) is 0 Å². The second kappa shape index (κ2) is 5.95. The van der Waals surface area contributed by atoms with Gasteiger partial charge in [-0.25, -0.2) is 4.79 Å². The first-order valence-electron chi connectivity index (χ1n) is 5.64. The van der Waals surface area contributed by atoms with Crippen LogP contribution in [0.1, 0.15) is 26.2 Å². The van der Waals surface area contributed by atoms with Gasteiger partial charge in [-0.1, -0.05) is 6.92 Å². The number of hydrogen-bond donors (Lipinski definition) is 1. The smallest absolute Gasteiger partial charge is 0.317 e. The lowest BCUT2D eigenvalue weighted by Gasteiger charge is -2.20. The lowest BCUT2D eigenvalue weighted by atomic mass is 10.1. The maximum absolute atomic E-state index is 11.7. The van der Waals surface area contributed by atoms with E-state index in [-0.39, 0.29) is 6.03 Å². The van der Waals surface area contributed by atoms with E-state index in [9.17, 15) is 4.79 Å². The summed E-state index contributed by atoms with van der Waals surface area (Å²) in [6.45, 7) is 3.47. The predicted octanol–water partition coefficient (Wildman–Crippen LogP) is 1.46. The molecule has 2 amide bonds. The molecular weight excluding hydrogens is 192 g/mol. The van der Waals surface area contributed by atoms with Gasteiger partial charge in [0.2, 0.25) is 0 Å². The van der Waals surface area contributed by atoms with Crippen LogP contribution in [0.2, 0.25) is 0 Å². The molecule has 0 aromatic rings. The van der Waals surface area contributed by atoms with Crippen LogP contribution in [0.25, 0.3) is 0 Å². The van der Waals surface area contributed by atoms with Crippen molar-refractivity contribution in [1.29, 1.82) is 0 Å². The largest absolute Gasteiger partial charge is 0.383 e. The Labute approximate surface area is 92.0 Å². The van der Waals surface area contributed by atoms with Crippen LogP contribution < -0.4 is 5.32 Å². The molecule has 15 heavy (non-hydrogen) atoms. The number of hydrogen-bond acceptors (Lipinski definition) is 2. The topological polar surface area (TPSA) is 41.6 Å². The average Bonchev–Trinajstić information content (AvgIpc) is 2.60. The third kappa shape index (κ3) is 4.08. The summed E-state index contributed by atoms with van der Waals surface area (Å²) in [5.41, 5.74) is 0. The van der Waals surface area contributed by atoms with Crippen LogP contribution >= 0.6 is 0 Å². The minimum Gasteiger partial charge on any atom is -0.383 e. The van der Waals surface area contributed by atoms with Crippen molar-refractivity contribution in [3.05, 3.63) is 0 Å². The fourth-order valence-electron chi connectivity index (χ4n) is 1.95. The monoisotopic (exact) mass is 214 g/mol. The molecule has 4 heteroatoms. The quantitative estimate of drug-likeness (QED) is 0.770. The number of urea groups is 1. The molecule has 4 nitrogen and oxygen atoms in total. The number of carbonyl (C=O) groups is 1. The number of ether oxygens (including phenoxy) is 1. The summed E-state index contributed by atoms with van der Waals surface area (Å²) in [5.74, 6) is 0.750. The number of likely N-dealkylation sites (N-methyl/N-ethyl adjacent to an activating group) is 1. The summed E-state index contributed by atoms with van der Waals surface area (Å²) in [7, 11) is 3.44. The van der Waals surface area contributed by atoms with Crippen molar-refractivity contribution in [3.63, 3.8) is 0 Å². The second-order valence-corrected chi connectivity index (χ2v) is 4.48. The maximum atomic E-state index is 11.7. The average molecular weight is 214 g/mol. The minimum absolute atomic E-state index is 0.0196. The van der Waals surface area contributed by atoms with Gasteiger partial charge in [0, 0.05) is 26.7 Å². The summed E-state index contributed by atoms with van der Waals surface area (Å²) in [6, 6.07) is 0.392. The van der Waals surface area contributed by atoms with Crippen molar-refractivity contribution < 1.29 is 9.53 Å². The Kier molecular flexibility index (Phi) is 4.88. The van der Waals surface area contributed by atoms with Crippen molar-refractivity contribution in [2.45, 2.75) is 32.2 Å². The molecule has 2 unspecified atom stereocenters. The Balaban J connectivity index is 2.22. The molecule has 1 fully saturated rings. The first-order chi connectivity index (χ1) is 7.13. The number of amides is 2. The molecule has 0 aromatic heterocycles. The Morgan fingerprint density at radius 2 is 2.27 bits per heavy atom. The lowest BCUT2D eigenvalue weighted by molar-refractivity contribution is 0.158. The highest BCUT2D eigenvalue weighted by molar-refractivity contribution is 5.74. The Morgan fingerprint density at radius 1 is 1.53 bits per heavy atom. The first-order valence-corrected chi connectivity index (χ1v) is 5.64. The highest BCUT2D eigenvalue weighted by atomic mass is 16.5. The van der Waals surface area contributed by atoms with E-state index in [1.54, 1.807) is 19.1 Å². The van der Waals surface area contributed by atoms with E-state index in [0.717, 1.165) is 18.8 Å². The summed E-state index contributed by atoms with van der Waals surface area (Å²) in [6.07, 6.45) is 3.46. The molecule has 0 spiro atoms. The SMILES string of the molecule is COCCN(C)C(=O)NC1CCC(C)C1. The molecular formula is C11H22N2O2. The molecule has 1 N–H and O–H groups in total. The van der Waals surface area contributed by atoms with Crippen molar-refractivity contribution in [3.8, 4) is 0 Å². The third-order valence-corrected chi connectivity index (χ3v) is 3.00. The standard InChI is InChI=1S/C11H22N2O2/c1-9-4-5-10(8-9)12-11(14)13(2)6-7-15-3/h9-10H,4-8H2,1-3H3,(H,12,14). The molecule has 0 saturated heterocycles. The zero-order valence-corrected chi connectivity index (χ0v) is 9.95. The predicted molar refractivity (Wildman–Crippen MR) is 59.8 cm³/mol. The van der Waals surface area contributed by atoms with E-state index in [1.807, 2.05) is 0 Å². The fourth-order valence-corrected chi connectivity index (χ4v) is 1.95. The lowest BCUT2D eigenvalue weighted by Crippen LogP contribution is -2.43. The van der Waals surface area contributed by atoms with Crippen LogP contribution in [0, 0.1) is 5.92 Å². The Hall–Kier alpha value is -0.770. The van der Waals surface area contributed by atoms with Crippen molar-refractivity contribution in [2.75, 3.05) is 27.3 Å². The summed E-state index contributed by atoms with van der Waals surface area (Å²) < 4.78 is 4.93. The Bertz CT molecular complexity index is 209. The molecule has 1 saturated carbocycles. The van der Waals surface area contributed by atoms with Gasteiger partial charge >= 0.3 is 6.03 Å². The van der Waals surface area contributed by atoms with Crippen LogP contribution in [-0.2, 0) is 4.74 Å². The highest BCUT2D eigenvalue weighted by Crippen LogP contribution is 2.24. The highest BCUT2D eigenvalue weighted by Gasteiger charge is 2.23. The van der Waals surface area contributed by atoms with E-state index in [1.165, 1.54) is 6.42 Å². The fraction of sp³-hybridized carbons (Fsp3) is 0.909. The van der Waals surface area contributed by atoms with Crippen LogP contribution in [0.15, 0.2) is 0 Å². The number of methoxy groups -OCH3 is 1. The number of rotatable bonds is 4. The summed E-state index contributed by atoms with van der Waals surface area (Å²) >= 11 is 0. The van der Waals surface area contributed by atoms with Crippen molar-refractivity contribution >= 4 is 6.03 Å². The van der Waals surface area contributed by atoms with Gasteiger partial charge < -0.3 is 15.0 Å².